The molecule has 4 N–H and O–H groups in total. The molecule has 146 valence electrons. The van der Waals surface area contributed by atoms with Crippen LogP contribution in [0.1, 0.15) is 30.1 Å². The van der Waals surface area contributed by atoms with Crippen LogP contribution in [0.5, 0.6) is 0 Å². The number of nitrogens with two attached hydrogens (primary N) is 1. The number of pyridine rings is 1. The molecule has 0 saturated carbocycles. The van der Waals surface area contributed by atoms with Crippen LogP contribution in [0.2, 0.25) is 0 Å². The number of aromatic amines is 1. The Bertz CT molecular complexity index is 1070. The highest BCUT2D eigenvalue weighted by Crippen LogP contribution is 2.32. The first-order valence-corrected chi connectivity index (χ1v) is 8.87. The van der Waals surface area contributed by atoms with Crippen LogP contribution in [-0.4, -0.2) is 44.9 Å². The zero-order valence-electron chi connectivity index (χ0n) is 15.2. The Morgan fingerprint density at radius 1 is 1.25 bits per heavy atom. The number of halogens is 2. The van der Waals surface area contributed by atoms with Crippen LogP contribution in [0.4, 0.5) is 14.6 Å². The van der Waals surface area contributed by atoms with Crippen LogP contribution < -0.4 is 10.6 Å². The number of hydrogen-bond donors (Lipinski definition) is 3. The van der Waals surface area contributed by atoms with Gasteiger partial charge in [-0.2, -0.15) is 5.10 Å². The largest absolute Gasteiger partial charge is 0.478 e. The lowest BCUT2D eigenvalue weighted by Crippen LogP contribution is -2.48. The number of rotatable bonds is 3. The highest BCUT2D eigenvalue weighted by Gasteiger charge is 2.28. The third-order valence-electron chi connectivity index (χ3n) is 5.17. The van der Waals surface area contributed by atoms with Crippen molar-refractivity contribution < 1.29 is 18.7 Å². The van der Waals surface area contributed by atoms with Crippen molar-refractivity contribution in [3.8, 4) is 11.3 Å². The molecule has 0 aliphatic carbocycles. The number of hydrogen-bond acceptors (Lipinski definition) is 5. The van der Waals surface area contributed by atoms with E-state index < -0.39 is 17.6 Å². The second-order valence-corrected chi connectivity index (χ2v) is 7.40. The lowest BCUT2D eigenvalue weighted by molar-refractivity contribution is 0.0699. The second kappa shape index (κ2) is 6.52. The van der Waals surface area contributed by atoms with Gasteiger partial charge < -0.3 is 15.7 Å². The number of nitrogens with zero attached hydrogens (tertiary/aromatic N) is 3. The number of nitrogens with one attached hydrogen (secondary N) is 1. The molecular formula is C19H19F2N5O2. The molecule has 2 aromatic heterocycles. The molecule has 1 aromatic carbocycles. The normalized spacial score (nSPS) is 16.5. The standard InChI is InChI=1S/C19H19F2N5O2/c1-19(22)4-6-26(7-5-19)14-9-11(18(27)28)15-16(24-25-17(15)23-14)10-2-3-12(20)13(21)8-10/h2-3,8-9H,4-7,22H2,1H3,(H,27,28)(H,23,24,25). The lowest BCUT2D eigenvalue weighted by atomic mass is 9.91. The van der Waals surface area contributed by atoms with Crippen molar-refractivity contribution in [2.75, 3.05) is 18.0 Å². The van der Waals surface area contributed by atoms with Crippen molar-refractivity contribution in [2.45, 2.75) is 25.3 Å². The smallest absolute Gasteiger partial charge is 0.336 e. The SMILES string of the molecule is CC1(N)CCN(c2cc(C(=O)O)c3c(-c4ccc(F)c(F)c4)n[nH]c3n2)CC1. The summed E-state index contributed by atoms with van der Waals surface area (Å²) in [4.78, 5) is 18.4. The number of piperidine rings is 1. The summed E-state index contributed by atoms with van der Waals surface area (Å²) in [6.07, 6.45) is 1.52. The summed E-state index contributed by atoms with van der Waals surface area (Å²) < 4.78 is 26.9. The molecule has 0 amide bonds. The topological polar surface area (TPSA) is 108 Å². The maximum atomic E-state index is 13.6. The molecule has 0 atom stereocenters. The van der Waals surface area contributed by atoms with Gasteiger partial charge in [-0.15, -0.1) is 0 Å². The maximum absolute atomic E-state index is 13.6. The zero-order chi connectivity index (χ0) is 20.1. The fourth-order valence-corrected chi connectivity index (χ4v) is 3.45. The average Bonchev–Trinajstić information content (AvgIpc) is 3.07. The number of anilines is 1. The summed E-state index contributed by atoms with van der Waals surface area (Å²) >= 11 is 0. The van der Waals surface area contributed by atoms with Gasteiger partial charge in [0, 0.05) is 24.2 Å². The Morgan fingerprint density at radius 2 is 1.96 bits per heavy atom. The van der Waals surface area contributed by atoms with Crippen LogP contribution in [0, 0.1) is 11.6 Å². The van der Waals surface area contributed by atoms with Crippen molar-refractivity contribution in [1.82, 2.24) is 15.2 Å². The van der Waals surface area contributed by atoms with Gasteiger partial charge in [0.1, 0.15) is 11.5 Å². The van der Waals surface area contributed by atoms with Crippen LogP contribution in [0.15, 0.2) is 24.3 Å². The fourth-order valence-electron chi connectivity index (χ4n) is 3.45. The Hall–Kier alpha value is -3.07. The highest BCUT2D eigenvalue weighted by atomic mass is 19.2. The van der Waals surface area contributed by atoms with Gasteiger partial charge >= 0.3 is 5.97 Å². The lowest BCUT2D eigenvalue weighted by Gasteiger charge is -2.37. The van der Waals surface area contributed by atoms with Gasteiger partial charge in [-0.3, -0.25) is 5.10 Å². The van der Waals surface area contributed by atoms with Gasteiger partial charge in [0.2, 0.25) is 0 Å². The predicted octanol–water partition coefficient (Wildman–Crippen LogP) is 2.92. The van der Waals surface area contributed by atoms with E-state index in [4.69, 9.17) is 5.73 Å². The van der Waals surface area contributed by atoms with E-state index in [1.807, 2.05) is 11.8 Å². The van der Waals surface area contributed by atoms with Crippen molar-refractivity contribution in [3.05, 3.63) is 41.5 Å². The van der Waals surface area contributed by atoms with E-state index in [9.17, 15) is 18.7 Å². The van der Waals surface area contributed by atoms with Crippen molar-refractivity contribution in [1.29, 1.82) is 0 Å². The number of fused-ring (bicyclic) bond motifs is 1. The molecule has 28 heavy (non-hydrogen) atoms. The van der Waals surface area contributed by atoms with E-state index in [1.165, 1.54) is 12.1 Å². The van der Waals surface area contributed by atoms with Gasteiger partial charge in [-0.05, 0) is 44.0 Å². The van der Waals surface area contributed by atoms with E-state index in [1.54, 1.807) is 0 Å². The molecule has 1 aliphatic rings. The Labute approximate surface area is 159 Å². The molecule has 0 unspecified atom stereocenters. The van der Waals surface area contributed by atoms with Crippen LogP contribution in [0.3, 0.4) is 0 Å². The van der Waals surface area contributed by atoms with E-state index in [-0.39, 0.29) is 33.4 Å². The van der Waals surface area contributed by atoms with Crippen molar-refractivity contribution in [2.24, 2.45) is 5.73 Å². The van der Waals surface area contributed by atoms with E-state index in [0.717, 1.165) is 25.0 Å². The Kier molecular flexibility index (Phi) is 4.26. The molecule has 4 rings (SSSR count). The zero-order valence-corrected chi connectivity index (χ0v) is 15.2. The summed E-state index contributed by atoms with van der Waals surface area (Å²) in [6.45, 7) is 3.32. The molecule has 1 saturated heterocycles. The van der Waals surface area contributed by atoms with E-state index >= 15 is 0 Å². The maximum Gasteiger partial charge on any atom is 0.336 e. The average molecular weight is 387 g/mol. The molecule has 1 aliphatic heterocycles. The van der Waals surface area contributed by atoms with Crippen molar-refractivity contribution in [3.63, 3.8) is 0 Å². The number of H-pyrrole nitrogens is 1. The summed E-state index contributed by atoms with van der Waals surface area (Å²) in [7, 11) is 0. The molecule has 0 spiro atoms. The number of benzene rings is 1. The summed E-state index contributed by atoms with van der Waals surface area (Å²) in [5, 5.41) is 16.8. The molecule has 3 heterocycles. The minimum atomic E-state index is -1.15. The molecule has 3 aromatic rings. The van der Waals surface area contributed by atoms with Crippen LogP contribution in [0.25, 0.3) is 22.3 Å². The first-order valence-electron chi connectivity index (χ1n) is 8.87. The number of carbonyl (C=O) groups is 1. The summed E-state index contributed by atoms with van der Waals surface area (Å²) in [5.74, 6) is -2.66. The Balaban J connectivity index is 1.81. The first kappa shape index (κ1) is 18.3. The minimum absolute atomic E-state index is 0.00503. The molecule has 0 radical (unpaired) electrons. The molecule has 9 heteroatoms. The summed E-state index contributed by atoms with van der Waals surface area (Å²) in [6, 6.07) is 4.80. The van der Waals surface area contributed by atoms with Gasteiger partial charge in [0.05, 0.1) is 10.9 Å². The molecule has 7 nitrogen and oxygen atoms in total. The first-order chi connectivity index (χ1) is 13.2. The van der Waals surface area contributed by atoms with Crippen LogP contribution >= 0.6 is 0 Å². The van der Waals surface area contributed by atoms with Gasteiger partial charge in [-0.25, -0.2) is 18.6 Å². The Morgan fingerprint density at radius 3 is 2.61 bits per heavy atom. The molecule has 0 bridgehead atoms. The van der Waals surface area contributed by atoms with Crippen LogP contribution in [-0.2, 0) is 0 Å². The number of carboxylic acids is 1. The molecule has 1 fully saturated rings. The highest BCUT2D eigenvalue weighted by molar-refractivity contribution is 6.08. The molecular weight excluding hydrogens is 368 g/mol. The third-order valence-corrected chi connectivity index (χ3v) is 5.17. The monoisotopic (exact) mass is 387 g/mol. The van der Waals surface area contributed by atoms with Gasteiger partial charge in [0.15, 0.2) is 17.3 Å². The quantitative estimate of drug-likeness (QED) is 0.638. The summed E-state index contributed by atoms with van der Waals surface area (Å²) in [5.41, 5.74) is 6.66. The van der Waals surface area contributed by atoms with E-state index in [0.29, 0.717) is 18.9 Å². The predicted molar refractivity (Wildman–Crippen MR) is 100 cm³/mol. The minimum Gasteiger partial charge on any atom is -0.478 e. The van der Waals surface area contributed by atoms with Gasteiger partial charge in [0.25, 0.3) is 0 Å². The second-order valence-electron chi connectivity index (χ2n) is 7.40. The number of carboxylic acid groups (broad SMARTS) is 1. The van der Waals surface area contributed by atoms with Gasteiger partial charge in [-0.1, -0.05) is 0 Å². The number of aromatic carboxylic acids is 1. The van der Waals surface area contributed by atoms with E-state index in [2.05, 4.69) is 15.2 Å². The number of aromatic nitrogens is 3. The van der Waals surface area contributed by atoms with Crippen molar-refractivity contribution >= 4 is 22.8 Å². The third kappa shape index (κ3) is 3.18. The fraction of sp³-hybridized carbons (Fsp3) is 0.316.